The monoisotopic (exact) mass is 468 g/mol. The number of rotatable bonds is 8. The minimum atomic E-state index is -0.901. The van der Waals surface area contributed by atoms with Crippen LogP contribution in [0, 0.1) is 16.0 Å². The van der Waals surface area contributed by atoms with Crippen LogP contribution in [0.4, 0.5) is 5.69 Å². The lowest BCUT2D eigenvalue weighted by Gasteiger charge is -2.31. The van der Waals surface area contributed by atoms with Gasteiger partial charge < -0.3 is 9.47 Å². The number of methoxy groups -OCH3 is 1. The molecule has 8 nitrogen and oxygen atoms in total. The second-order valence-corrected chi connectivity index (χ2v) is 8.25. The van der Waals surface area contributed by atoms with Crippen LogP contribution in [-0.2, 0) is 19.1 Å². The van der Waals surface area contributed by atoms with Gasteiger partial charge in [-0.05, 0) is 48.2 Å². The van der Waals surface area contributed by atoms with Gasteiger partial charge in [0.05, 0.1) is 24.2 Å². The fourth-order valence-electron chi connectivity index (χ4n) is 3.81. The summed E-state index contributed by atoms with van der Waals surface area (Å²) in [7, 11) is 1.25. The first-order valence-corrected chi connectivity index (χ1v) is 11.2. The van der Waals surface area contributed by atoms with Crippen molar-refractivity contribution in [1.82, 2.24) is 0 Å². The Morgan fingerprint density at radius 2 is 2.06 bits per heavy atom. The molecular formula is C24H24N2O6S. The number of non-ortho nitro benzene ring substituents is 1. The molecule has 172 valence electrons. The van der Waals surface area contributed by atoms with E-state index in [4.69, 9.17) is 9.47 Å². The van der Waals surface area contributed by atoms with Crippen LogP contribution in [0.15, 0.2) is 63.4 Å². The van der Waals surface area contributed by atoms with Gasteiger partial charge in [-0.3, -0.25) is 19.9 Å². The van der Waals surface area contributed by atoms with Gasteiger partial charge in [-0.2, -0.15) is 11.3 Å². The number of nitro benzene ring substituents is 1. The number of thiophene rings is 1. The number of allylic oxidation sites excluding steroid dienone is 1. The Kier molecular flexibility index (Phi) is 7.89. The molecule has 0 saturated carbocycles. The van der Waals surface area contributed by atoms with Crippen LogP contribution in [0.2, 0.25) is 0 Å². The predicted molar refractivity (Wildman–Crippen MR) is 126 cm³/mol. The van der Waals surface area contributed by atoms with Crippen LogP contribution in [0.5, 0.6) is 0 Å². The number of nitro groups is 1. The normalized spacial score (nSPS) is 18.2. The van der Waals surface area contributed by atoms with E-state index in [9.17, 15) is 19.7 Å². The van der Waals surface area contributed by atoms with Crippen LogP contribution >= 0.6 is 11.3 Å². The van der Waals surface area contributed by atoms with E-state index >= 15 is 0 Å². The van der Waals surface area contributed by atoms with Crippen molar-refractivity contribution in [3.63, 3.8) is 0 Å². The second kappa shape index (κ2) is 10.8. The van der Waals surface area contributed by atoms with Gasteiger partial charge in [0.1, 0.15) is 5.92 Å². The van der Waals surface area contributed by atoms with Crippen molar-refractivity contribution in [2.45, 2.75) is 26.2 Å². The first-order chi connectivity index (χ1) is 15.8. The van der Waals surface area contributed by atoms with Crippen molar-refractivity contribution in [3.8, 4) is 0 Å². The van der Waals surface area contributed by atoms with Gasteiger partial charge in [0.25, 0.3) is 5.69 Å². The molecule has 0 amide bonds. The maximum Gasteiger partial charge on any atom is 0.336 e. The van der Waals surface area contributed by atoms with E-state index in [0.29, 0.717) is 23.4 Å². The Labute approximate surface area is 195 Å². The Hall–Kier alpha value is -3.59. The molecule has 2 atom stereocenters. The minimum absolute atomic E-state index is 0.139. The summed E-state index contributed by atoms with van der Waals surface area (Å²) in [6.45, 7) is 3.48. The number of hydrogen-bond donors (Lipinski definition) is 0. The summed E-state index contributed by atoms with van der Waals surface area (Å²) >= 11 is 1.60. The molecule has 1 aromatic heterocycles. The SMILES string of the molecule is COC(=O)C1C(C)=NC(C)=C(C(=O)OCCC=Cc2ccsc2)C1c1cccc([N+](=O)[O-])c1. The second-order valence-electron chi connectivity index (χ2n) is 7.47. The van der Waals surface area contributed by atoms with Gasteiger partial charge >= 0.3 is 11.9 Å². The molecule has 2 aromatic rings. The molecule has 0 radical (unpaired) electrons. The number of benzene rings is 1. The highest BCUT2D eigenvalue weighted by Gasteiger charge is 2.42. The molecule has 3 rings (SSSR count). The van der Waals surface area contributed by atoms with E-state index in [1.54, 1.807) is 31.3 Å². The van der Waals surface area contributed by atoms with Crippen LogP contribution in [0.3, 0.4) is 0 Å². The topological polar surface area (TPSA) is 108 Å². The first-order valence-electron chi connectivity index (χ1n) is 10.3. The summed E-state index contributed by atoms with van der Waals surface area (Å²) in [6.07, 6.45) is 4.37. The zero-order chi connectivity index (χ0) is 24.0. The molecule has 9 heteroatoms. The van der Waals surface area contributed by atoms with Crippen molar-refractivity contribution in [2.24, 2.45) is 10.9 Å². The molecule has 0 saturated heterocycles. The standard InChI is InChI=1S/C24H24N2O6S/c1-15-20(23(27)31-3)22(18-8-6-9-19(13-18)26(29)30)21(16(2)25-15)24(28)32-11-5-4-7-17-10-12-33-14-17/h4,6-10,12-14,20,22H,5,11H2,1-3H3. The van der Waals surface area contributed by atoms with Crippen molar-refractivity contribution in [3.05, 3.63) is 79.7 Å². The Morgan fingerprint density at radius 1 is 1.27 bits per heavy atom. The van der Waals surface area contributed by atoms with E-state index in [-0.39, 0.29) is 17.9 Å². The molecule has 0 spiro atoms. The summed E-state index contributed by atoms with van der Waals surface area (Å²) in [5.41, 5.74) is 2.44. The van der Waals surface area contributed by atoms with E-state index in [1.807, 2.05) is 29.0 Å². The molecule has 33 heavy (non-hydrogen) atoms. The summed E-state index contributed by atoms with van der Waals surface area (Å²) in [6, 6.07) is 7.88. The number of carbonyl (C=O) groups is 2. The highest BCUT2D eigenvalue weighted by molar-refractivity contribution is 7.08. The molecule has 0 fully saturated rings. The van der Waals surface area contributed by atoms with Gasteiger partial charge in [0.2, 0.25) is 0 Å². The third-order valence-corrected chi connectivity index (χ3v) is 6.02. The Morgan fingerprint density at radius 3 is 2.73 bits per heavy atom. The van der Waals surface area contributed by atoms with Gasteiger partial charge in [-0.1, -0.05) is 24.3 Å². The molecule has 2 unspecified atom stereocenters. The number of hydrogen-bond acceptors (Lipinski definition) is 8. The first kappa shape index (κ1) is 24.1. The zero-order valence-corrected chi connectivity index (χ0v) is 19.3. The van der Waals surface area contributed by atoms with Crippen LogP contribution in [-0.4, -0.2) is 36.3 Å². The molecule has 1 aliphatic rings. The zero-order valence-electron chi connectivity index (χ0n) is 18.5. The summed E-state index contributed by atoms with van der Waals surface area (Å²) in [5, 5.41) is 15.3. The predicted octanol–water partition coefficient (Wildman–Crippen LogP) is 4.92. The average molecular weight is 469 g/mol. The van der Waals surface area contributed by atoms with E-state index in [0.717, 1.165) is 5.56 Å². The van der Waals surface area contributed by atoms with Crippen LogP contribution in [0.25, 0.3) is 6.08 Å². The highest BCUT2D eigenvalue weighted by atomic mass is 32.1. The van der Waals surface area contributed by atoms with E-state index < -0.39 is 28.7 Å². The average Bonchev–Trinajstić information content (AvgIpc) is 3.31. The Bertz CT molecular complexity index is 1130. The molecular weight excluding hydrogens is 444 g/mol. The summed E-state index contributed by atoms with van der Waals surface area (Å²) in [4.78, 5) is 41.0. The number of carbonyl (C=O) groups excluding carboxylic acids is 2. The van der Waals surface area contributed by atoms with E-state index in [2.05, 4.69) is 4.99 Å². The number of ether oxygens (including phenoxy) is 2. The number of aliphatic imine (C=N–C) groups is 1. The minimum Gasteiger partial charge on any atom is -0.468 e. The molecule has 2 heterocycles. The van der Waals surface area contributed by atoms with Crippen LogP contribution < -0.4 is 0 Å². The molecule has 0 bridgehead atoms. The number of nitrogens with zero attached hydrogens (tertiary/aromatic N) is 2. The van der Waals surface area contributed by atoms with Gasteiger partial charge in [0, 0.05) is 29.5 Å². The smallest absolute Gasteiger partial charge is 0.336 e. The van der Waals surface area contributed by atoms with Gasteiger partial charge in [0.15, 0.2) is 0 Å². The van der Waals surface area contributed by atoms with E-state index in [1.165, 1.54) is 25.3 Å². The van der Waals surface area contributed by atoms with Crippen molar-refractivity contribution < 1.29 is 24.0 Å². The van der Waals surface area contributed by atoms with Crippen molar-refractivity contribution >= 4 is 40.8 Å². The van der Waals surface area contributed by atoms with Crippen molar-refractivity contribution in [1.29, 1.82) is 0 Å². The summed E-state index contributed by atoms with van der Waals surface area (Å²) < 4.78 is 10.5. The molecule has 0 N–H and O–H groups in total. The lowest BCUT2D eigenvalue weighted by atomic mass is 9.75. The lowest BCUT2D eigenvalue weighted by Crippen LogP contribution is -2.36. The fraction of sp³-hybridized carbons (Fsp3) is 0.292. The quantitative estimate of drug-likeness (QED) is 0.235. The Balaban J connectivity index is 1.89. The molecule has 1 aromatic carbocycles. The molecule has 1 aliphatic heterocycles. The lowest BCUT2D eigenvalue weighted by molar-refractivity contribution is -0.384. The molecule has 0 aliphatic carbocycles. The van der Waals surface area contributed by atoms with Gasteiger partial charge in [-0.25, -0.2) is 4.79 Å². The number of esters is 2. The third-order valence-electron chi connectivity index (χ3n) is 5.31. The van der Waals surface area contributed by atoms with Crippen molar-refractivity contribution in [2.75, 3.05) is 13.7 Å². The maximum absolute atomic E-state index is 13.1. The fourth-order valence-corrected chi connectivity index (χ4v) is 4.44. The van der Waals surface area contributed by atoms with Gasteiger partial charge in [-0.15, -0.1) is 0 Å². The highest BCUT2D eigenvalue weighted by Crippen LogP contribution is 2.40. The summed E-state index contributed by atoms with van der Waals surface area (Å²) in [5.74, 6) is -2.91. The maximum atomic E-state index is 13.1. The largest absolute Gasteiger partial charge is 0.468 e. The third kappa shape index (κ3) is 5.61. The van der Waals surface area contributed by atoms with Crippen LogP contribution in [0.1, 0.15) is 37.3 Å².